The van der Waals surface area contributed by atoms with Crippen molar-refractivity contribution in [2.75, 3.05) is 13.1 Å². The lowest BCUT2D eigenvalue weighted by atomic mass is 10.0. The summed E-state index contributed by atoms with van der Waals surface area (Å²) in [6.07, 6.45) is 0.643. The van der Waals surface area contributed by atoms with E-state index in [0.717, 1.165) is 6.54 Å². The maximum absolute atomic E-state index is 11.6. The van der Waals surface area contributed by atoms with E-state index in [-0.39, 0.29) is 5.91 Å². The van der Waals surface area contributed by atoms with E-state index in [1.807, 2.05) is 4.90 Å². The molecule has 1 heterocycles. The van der Waals surface area contributed by atoms with Crippen molar-refractivity contribution in [1.29, 1.82) is 0 Å². The summed E-state index contributed by atoms with van der Waals surface area (Å²) < 4.78 is 0. The van der Waals surface area contributed by atoms with Crippen LogP contribution in [0, 0.1) is 11.8 Å². The maximum atomic E-state index is 11.6. The molecule has 1 aliphatic rings. The molecule has 3 heteroatoms. The SMILES string of the molecule is CC(C)CN1C(=O)CC(CN)C1C. The monoisotopic (exact) mass is 184 g/mol. The van der Waals surface area contributed by atoms with Crippen molar-refractivity contribution in [2.24, 2.45) is 17.6 Å². The van der Waals surface area contributed by atoms with Gasteiger partial charge in [-0.15, -0.1) is 0 Å². The molecule has 0 saturated carbocycles. The molecule has 0 spiro atoms. The minimum absolute atomic E-state index is 0.275. The first-order chi connectivity index (χ1) is 6.06. The molecule has 2 unspecified atom stereocenters. The second-order valence-electron chi connectivity index (χ2n) is 4.38. The van der Waals surface area contributed by atoms with Gasteiger partial charge in [0.2, 0.25) is 5.91 Å². The van der Waals surface area contributed by atoms with E-state index in [0.29, 0.717) is 30.8 Å². The molecular weight excluding hydrogens is 164 g/mol. The highest BCUT2D eigenvalue weighted by molar-refractivity contribution is 5.79. The Bertz CT molecular complexity index is 191. The number of nitrogens with two attached hydrogens (primary N) is 1. The molecule has 2 N–H and O–H groups in total. The number of hydrogen-bond donors (Lipinski definition) is 1. The summed E-state index contributed by atoms with van der Waals surface area (Å²) in [5.74, 6) is 1.19. The van der Waals surface area contributed by atoms with Crippen molar-refractivity contribution in [3.63, 3.8) is 0 Å². The molecule has 2 atom stereocenters. The van der Waals surface area contributed by atoms with Crippen LogP contribution in [-0.2, 0) is 4.79 Å². The van der Waals surface area contributed by atoms with Crippen molar-refractivity contribution in [3.05, 3.63) is 0 Å². The number of hydrogen-bond acceptors (Lipinski definition) is 2. The molecule has 1 amide bonds. The summed E-state index contributed by atoms with van der Waals surface area (Å²) >= 11 is 0. The van der Waals surface area contributed by atoms with Crippen LogP contribution in [0.15, 0.2) is 0 Å². The predicted molar refractivity (Wildman–Crippen MR) is 53.2 cm³/mol. The summed E-state index contributed by atoms with van der Waals surface area (Å²) in [5.41, 5.74) is 5.60. The molecule has 0 aliphatic carbocycles. The molecule has 0 aromatic heterocycles. The molecule has 13 heavy (non-hydrogen) atoms. The fourth-order valence-corrected chi connectivity index (χ4v) is 1.94. The molecule has 1 aliphatic heterocycles. The van der Waals surface area contributed by atoms with Crippen LogP contribution in [0.2, 0.25) is 0 Å². The van der Waals surface area contributed by atoms with Crippen LogP contribution in [0.4, 0.5) is 0 Å². The second-order valence-corrected chi connectivity index (χ2v) is 4.38. The Balaban J connectivity index is 2.59. The molecule has 0 aromatic carbocycles. The molecule has 1 fully saturated rings. The van der Waals surface area contributed by atoms with Gasteiger partial charge in [-0.05, 0) is 19.4 Å². The molecule has 0 radical (unpaired) electrons. The molecule has 1 rings (SSSR count). The average molecular weight is 184 g/mol. The quantitative estimate of drug-likeness (QED) is 0.706. The van der Waals surface area contributed by atoms with Crippen molar-refractivity contribution < 1.29 is 4.79 Å². The summed E-state index contributed by atoms with van der Waals surface area (Å²) in [6, 6.07) is 0.333. The number of amides is 1. The molecule has 1 saturated heterocycles. The third kappa shape index (κ3) is 2.21. The lowest BCUT2D eigenvalue weighted by Crippen LogP contribution is -2.37. The fraction of sp³-hybridized carbons (Fsp3) is 0.900. The van der Waals surface area contributed by atoms with Crippen molar-refractivity contribution in [3.8, 4) is 0 Å². The van der Waals surface area contributed by atoms with Crippen LogP contribution in [0.25, 0.3) is 0 Å². The second kappa shape index (κ2) is 4.09. The van der Waals surface area contributed by atoms with Crippen molar-refractivity contribution in [2.45, 2.75) is 33.2 Å². The number of carbonyl (C=O) groups is 1. The largest absolute Gasteiger partial charge is 0.339 e. The predicted octanol–water partition coefficient (Wildman–Crippen LogP) is 0.838. The summed E-state index contributed by atoms with van der Waals surface area (Å²) in [7, 11) is 0. The Labute approximate surface area is 80.3 Å². The number of likely N-dealkylation sites (tertiary alicyclic amines) is 1. The molecule has 0 aromatic rings. The van der Waals surface area contributed by atoms with E-state index < -0.39 is 0 Å². The van der Waals surface area contributed by atoms with Gasteiger partial charge in [-0.2, -0.15) is 0 Å². The standard InChI is InChI=1S/C10H20N2O/c1-7(2)6-12-8(3)9(5-11)4-10(12)13/h7-9H,4-6,11H2,1-3H3. The zero-order valence-electron chi connectivity index (χ0n) is 8.79. The number of carbonyl (C=O) groups excluding carboxylic acids is 1. The Kier molecular flexibility index (Phi) is 3.31. The smallest absolute Gasteiger partial charge is 0.223 e. The van der Waals surface area contributed by atoms with Gasteiger partial charge < -0.3 is 10.6 Å². The highest BCUT2D eigenvalue weighted by atomic mass is 16.2. The molecule has 76 valence electrons. The van der Waals surface area contributed by atoms with Crippen LogP contribution >= 0.6 is 0 Å². The summed E-state index contributed by atoms with van der Waals surface area (Å²) in [6.45, 7) is 7.87. The Hall–Kier alpha value is -0.570. The van der Waals surface area contributed by atoms with Gasteiger partial charge in [-0.1, -0.05) is 13.8 Å². The molecule has 3 nitrogen and oxygen atoms in total. The van der Waals surface area contributed by atoms with Crippen LogP contribution in [0.1, 0.15) is 27.2 Å². The van der Waals surface area contributed by atoms with Gasteiger partial charge in [-0.3, -0.25) is 4.79 Å². The lowest BCUT2D eigenvalue weighted by molar-refractivity contribution is -0.129. The summed E-state index contributed by atoms with van der Waals surface area (Å²) in [5, 5.41) is 0. The first kappa shape index (κ1) is 10.5. The van der Waals surface area contributed by atoms with E-state index in [1.54, 1.807) is 0 Å². The maximum Gasteiger partial charge on any atom is 0.223 e. The number of rotatable bonds is 3. The minimum atomic E-state index is 0.275. The Morgan fingerprint density at radius 1 is 1.62 bits per heavy atom. The normalized spacial score (nSPS) is 29.0. The van der Waals surface area contributed by atoms with Crippen LogP contribution in [0.3, 0.4) is 0 Å². The van der Waals surface area contributed by atoms with E-state index in [2.05, 4.69) is 20.8 Å². The Morgan fingerprint density at radius 2 is 2.23 bits per heavy atom. The third-order valence-electron chi connectivity index (χ3n) is 2.80. The van der Waals surface area contributed by atoms with E-state index in [1.165, 1.54) is 0 Å². The van der Waals surface area contributed by atoms with Crippen molar-refractivity contribution >= 4 is 5.91 Å². The van der Waals surface area contributed by atoms with Gasteiger partial charge in [0, 0.05) is 24.9 Å². The lowest BCUT2D eigenvalue weighted by Gasteiger charge is -2.25. The van der Waals surface area contributed by atoms with Gasteiger partial charge in [0.1, 0.15) is 0 Å². The van der Waals surface area contributed by atoms with Gasteiger partial charge in [0.25, 0.3) is 0 Å². The van der Waals surface area contributed by atoms with E-state index in [4.69, 9.17) is 5.73 Å². The van der Waals surface area contributed by atoms with Gasteiger partial charge in [0.15, 0.2) is 0 Å². The zero-order chi connectivity index (χ0) is 10.0. The summed E-state index contributed by atoms with van der Waals surface area (Å²) in [4.78, 5) is 13.5. The van der Waals surface area contributed by atoms with Gasteiger partial charge in [0.05, 0.1) is 0 Å². The topological polar surface area (TPSA) is 46.3 Å². The van der Waals surface area contributed by atoms with Gasteiger partial charge >= 0.3 is 0 Å². The highest BCUT2D eigenvalue weighted by Gasteiger charge is 2.35. The van der Waals surface area contributed by atoms with E-state index >= 15 is 0 Å². The van der Waals surface area contributed by atoms with E-state index in [9.17, 15) is 4.79 Å². The third-order valence-corrected chi connectivity index (χ3v) is 2.80. The van der Waals surface area contributed by atoms with Crippen molar-refractivity contribution in [1.82, 2.24) is 4.90 Å². The first-order valence-electron chi connectivity index (χ1n) is 5.05. The number of nitrogens with zero attached hydrogens (tertiary/aromatic N) is 1. The molecular formula is C10H20N2O. The van der Waals surface area contributed by atoms with Crippen LogP contribution < -0.4 is 5.73 Å². The highest BCUT2D eigenvalue weighted by Crippen LogP contribution is 2.24. The first-order valence-corrected chi connectivity index (χ1v) is 5.05. The average Bonchev–Trinajstić information content (AvgIpc) is 2.31. The zero-order valence-corrected chi connectivity index (χ0v) is 8.79. The molecule has 0 bridgehead atoms. The minimum Gasteiger partial charge on any atom is -0.339 e. The fourth-order valence-electron chi connectivity index (χ4n) is 1.94. The van der Waals surface area contributed by atoms with Gasteiger partial charge in [-0.25, -0.2) is 0 Å². The van der Waals surface area contributed by atoms with Crippen LogP contribution in [0.5, 0.6) is 0 Å². The van der Waals surface area contributed by atoms with Crippen LogP contribution in [-0.4, -0.2) is 29.9 Å². The Morgan fingerprint density at radius 3 is 2.62 bits per heavy atom.